The second-order valence-corrected chi connectivity index (χ2v) is 4.21. The Hall–Kier alpha value is -2.42. The van der Waals surface area contributed by atoms with Gasteiger partial charge in [0.1, 0.15) is 0 Å². The first-order valence-electron chi connectivity index (χ1n) is 5.86. The fourth-order valence-electron chi connectivity index (χ4n) is 2.10. The Morgan fingerprint density at radius 2 is 1.72 bits per heavy atom. The molecule has 0 saturated carbocycles. The van der Waals surface area contributed by atoms with Crippen LogP contribution in [0.25, 0.3) is 22.4 Å². The van der Waals surface area contributed by atoms with Crippen molar-refractivity contribution in [3.05, 3.63) is 60.6 Å². The van der Waals surface area contributed by atoms with E-state index in [4.69, 9.17) is 0 Å². The van der Waals surface area contributed by atoms with E-state index in [2.05, 4.69) is 34.2 Å². The van der Waals surface area contributed by atoms with Crippen LogP contribution >= 0.6 is 0 Å². The second kappa shape index (κ2) is 4.45. The average molecular weight is 235 g/mol. The number of rotatable bonds is 2. The van der Waals surface area contributed by atoms with E-state index in [-0.39, 0.29) is 0 Å². The fourth-order valence-corrected chi connectivity index (χ4v) is 2.10. The van der Waals surface area contributed by atoms with Gasteiger partial charge in [0.15, 0.2) is 0 Å². The Morgan fingerprint density at radius 3 is 2.50 bits per heavy atom. The van der Waals surface area contributed by atoms with Gasteiger partial charge < -0.3 is 0 Å². The van der Waals surface area contributed by atoms with Gasteiger partial charge in [-0.25, -0.2) is 0 Å². The van der Waals surface area contributed by atoms with E-state index in [0.29, 0.717) is 0 Å². The van der Waals surface area contributed by atoms with Gasteiger partial charge in [-0.15, -0.1) is 0 Å². The lowest BCUT2D eigenvalue weighted by Gasteiger charge is -2.06. The zero-order valence-corrected chi connectivity index (χ0v) is 10.1. The number of nitrogens with zero attached hydrogens (tertiary/aromatic N) is 2. The Labute approximate surface area is 106 Å². The molecule has 88 valence electrons. The topological polar surface area (TPSA) is 41.6 Å². The van der Waals surface area contributed by atoms with Gasteiger partial charge in [0, 0.05) is 23.5 Å². The molecule has 0 radical (unpaired) electrons. The minimum Gasteiger partial charge on any atom is -0.277 e. The third-order valence-electron chi connectivity index (χ3n) is 3.05. The fraction of sp³-hybridized carbons (Fsp3) is 0.0667. The van der Waals surface area contributed by atoms with Crippen molar-refractivity contribution in [2.24, 2.45) is 0 Å². The van der Waals surface area contributed by atoms with Crippen molar-refractivity contribution in [3.63, 3.8) is 0 Å². The normalized spacial score (nSPS) is 10.5. The van der Waals surface area contributed by atoms with E-state index in [1.165, 1.54) is 11.1 Å². The molecule has 18 heavy (non-hydrogen) atoms. The van der Waals surface area contributed by atoms with Crippen molar-refractivity contribution >= 4 is 0 Å². The first-order valence-corrected chi connectivity index (χ1v) is 5.86. The summed E-state index contributed by atoms with van der Waals surface area (Å²) in [5, 5.41) is 7.26. The van der Waals surface area contributed by atoms with Gasteiger partial charge in [-0.1, -0.05) is 24.3 Å². The number of hydrogen-bond acceptors (Lipinski definition) is 2. The lowest BCUT2D eigenvalue weighted by Crippen LogP contribution is -1.86. The van der Waals surface area contributed by atoms with Gasteiger partial charge in [0.2, 0.25) is 0 Å². The number of H-pyrrole nitrogens is 1. The first-order chi connectivity index (χ1) is 8.86. The number of pyridine rings is 1. The van der Waals surface area contributed by atoms with E-state index >= 15 is 0 Å². The second-order valence-electron chi connectivity index (χ2n) is 4.21. The largest absolute Gasteiger partial charge is 0.277 e. The van der Waals surface area contributed by atoms with Gasteiger partial charge in [-0.05, 0) is 30.2 Å². The van der Waals surface area contributed by atoms with Crippen LogP contribution in [0.1, 0.15) is 5.56 Å². The van der Waals surface area contributed by atoms with Crippen LogP contribution in [0.15, 0.2) is 55.0 Å². The summed E-state index contributed by atoms with van der Waals surface area (Å²) in [6.45, 7) is 2.10. The summed E-state index contributed by atoms with van der Waals surface area (Å²) in [6, 6.07) is 12.3. The molecule has 0 fully saturated rings. The summed E-state index contributed by atoms with van der Waals surface area (Å²) >= 11 is 0. The highest BCUT2D eigenvalue weighted by Crippen LogP contribution is 2.31. The van der Waals surface area contributed by atoms with Crippen LogP contribution in [-0.2, 0) is 0 Å². The molecule has 0 amide bonds. The van der Waals surface area contributed by atoms with Crippen molar-refractivity contribution < 1.29 is 0 Å². The molecule has 2 heterocycles. The van der Waals surface area contributed by atoms with E-state index in [9.17, 15) is 0 Å². The molecule has 0 unspecified atom stereocenters. The van der Waals surface area contributed by atoms with Gasteiger partial charge in [0.05, 0.1) is 11.9 Å². The summed E-state index contributed by atoms with van der Waals surface area (Å²) in [6.07, 6.45) is 5.45. The number of aromatic amines is 1. The summed E-state index contributed by atoms with van der Waals surface area (Å²) in [5.41, 5.74) is 5.70. The molecule has 0 bridgehead atoms. The van der Waals surface area contributed by atoms with E-state index in [1.807, 2.05) is 30.5 Å². The van der Waals surface area contributed by atoms with Gasteiger partial charge in [0.25, 0.3) is 0 Å². The third-order valence-corrected chi connectivity index (χ3v) is 3.05. The zero-order valence-electron chi connectivity index (χ0n) is 10.1. The van der Waals surface area contributed by atoms with Crippen LogP contribution in [0, 0.1) is 6.92 Å². The third kappa shape index (κ3) is 1.80. The van der Waals surface area contributed by atoms with Crippen molar-refractivity contribution in [2.45, 2.75) is 6.92 Å². The van der Waals surface area contributed by atoms with Gasteiger partial charge in [-0.3, -0.25) is 10.1 Å². The first kappa shape index (κ1) is 10.7. The molecule has 0 aliphatic heterocycles. The SMILES string of the molecule is Cc1ccccc1-c1[nH]ncc1-c1ccncc1. The van der Waals surface area contributed by atoms with Crippen LogP contribution in [0.2, 0.25) is 0 Å². The Kier molecular flexibility index (Phi) is 2.65. The maximum atomic E-state index is 4.17. The lowest BCUT2D eigenvalue weighted by atomic mass is 9.99. The Bertz CT molecular complexity index is 656. The average Bonchev–Trinajstić information content (AvgIpc) is 2.89. The molecule has 3 rings (SSSR count). The number of aryl methyl sites for hydroxylation is 1. The highest BCUT2D eigenvalue weighted by molar-refractivity contribution is 5.81. The molecule has 1 aromatic carbocycles. The van der Waals surface area contributed by atoms with Crippen molar-refractivity contribution in [3.8, 4) is 22.4 Å². The number of nitrogens with one attached hydrogen (secondary N) is 1. The predicted molar refractivity (Wildman–Crippen MR) is 72.0 cm³/mol. The van der Waals surface area contributed by atoms with Crippen molar-refractivity contribution in [1.29, 1.82) is 0 Å². The maximum Gasteiger partial charge on any atom is 0.0731 e. The Balaban J connectivity index is 2.16. The van der Waals surface area contributed by atoms with E-state index in [0.717, 1.165) is 16.8 Å². The van der Waals surface area contributed by atoms with E-state index < -0.39 is 0 Å². The molecule has 0 spiro atoms. The number of hydrogen-bond donors (Lipinski definition) is 1. The molecule has 2 aromatic heterocycles. The van der Waals surface area contributed by atoms with Gasteiger partial charge in [-0.2, -0.15) is 5.10 Å². The molecular weight excluding hydrogens is 222 g/mol. The molecule has 0 aliphatic carbocycles. The quantitative estimate of drug-likeness (QED) is 0.739. The lowest BCUT2D eigenvalue weighted by molar-refractivity contribution is 1.09. The standard InChI is InChI=1S/C15H13N3/c1-11-4-2-3-5-13(11)15-14(10-17-18-15)12-6-8-16-9-7-12/h2-10H,1H3,(H,17,18). The van der Waals surface area contributed by atoms with Crippen LogP contribution in [0.3, 0.4) is 0 Å². The highest BCUT2D eigenvalue weighted by Gasteiger charge is 2.10. The molecule has 0 saturated heterocycles. The van der Waals surface area contributed by atoms with Crippen LogP contribution in [0.4, 0.5) is 0 Å². The molecule has 3 aromatic rings. The highest BCUT2D eigenvalue weighted by atomic mass is 15.1. The van der Waals surface area contributed by atoms with Crippen LogP contribution in [0.5, 0.6) is 0 Å². The molecule has 1 N–H and O–H groups in total. The van der Waals surface area contributed by atoms with Crippen molar-refractivity contribution in [1.82, 2.24) is 15.2 Å². The summed E-state index contributed by atoms with van der Waals surface area (Å²) in [7, 11) is 0. The van der Waals surface area contributed by atoms with Crippen molar-refractivity contribution in [2.75, 3.05) is 0 Å². The number of benzene rings is 1. The van der Waals surface area contributed by atoms with Gasteiger partial charge >= 0.3 is 0 Å². The monoisotopic (exact) mass is 235 g/mol. The van der Waals surface area contributed by atoms with E-state index in [1.54, 1.807) is 12.4 Å². The smallest absolute Gasteiger partial charge is 0.0731 e. The number of aromatic nitrogens is 3. The van der Waals surface area contributed by atoms with Crippen LogP contribution < -0.4 is 0 Å². The van der Waals surface area contributed by atoms with Crippen LogP contribution in [-0.4, -0.2) is 15.2 Å². The molecular formula is C15H13N3. The summed E-state index contributed by atoms with van der Waals surface area (Å²) in [5.74, 6) is 0. The molecule has 0 aliphatic rings. The zero-order chi connectivity index (χ0) is 12.4. The molecule has 0 atom stereocenters. The minimum absolute atomic E-state index is 1.05. The molecule has 3 nitrogen and oxygen atoms in total. The maximum absolute atomic E-state index is 4.17. The summed E-state index contributed by atoms with van der Waals surface area (Å²) in [4.78, 5) is 4.04. The molecule has 3 heteroatoms. The Morgan fingerprint density at radius 1 is 0.944 bits per heavy atom. The minimum atomic E-state index is 1.05. The predicted octanol–water partition coefficient (Wildman–Crippen LogP) is 3.45. The summed E-state index contributed by atoms with van der Waals surface area (Å²) < 4.78 is 0.